The molecule has 0 aromatic carbocycles. The number of nitrogens with one attached hydrogen (secondary N) is 1. The molecule has 0 rings (SSSR count). The van der Waals surface area contributed by atoms with Gasteiger partial charge in [0.2, 0.25) is 5.91 Å². The van der Waals surface area contributed by atoms with E-state index in [1.54, 1.807) is 0 Å². The quantitative estimate of drug-likeness (QED) is 0.427. The van der Waals surface area contributed by atoms with Crippen molar-refractivity contribution in [1.29, 1.82) is 0 Å². The minimum atomic E-state index is -0.780. The Labute approximate surface area is 51.8 Å². The van der Waals surface area contributed by atoms with Gasteiger partial charge in [-0.1, -0.05) is 23.2 Å². The van der Waals surface area contributed by atoms with E-state index < -0.39 is 4.96 Å². The van der Waals surface area contributed by atoms with Crippen LogP contribution in [-0.2, 0) is 4.79 Å². The lowest BCUT2D eigenvalue weighted by atomic mass is 10.7. The summed E-state index contributed by atoms with van der Waals surface area (Å²) in [5.41, 5.74) is 0. The maximum atomic E-state index is 9.97. The van der Waals surface area contributed by atoms with Crippen molar-refractivity contribution < 1.29 is 4.79 Å². The average Bonchev–Trinajstić information content (AvgIpc) is 1.27. The molecule has 0 aliphatic heterocycles. The Morgan fingerprint density at radius 2 is 2.14 bits per heavy atom. The van der Waals surface area contributed by atoms with Crippen LogP contribution in [-0.4, -0.2) is 10.9 Å². The van der Waals surface area contributed by atoms with E-state index in [-0.39, 0.29) is 5.91 Å². The van der Waals surface area contributed by atoms with Crippen LogP contribution in [0.25, 0.3) is 0 Å². The fourth-order valence-corrected chi connectivity index (χ4v) is 0.461. The Morgan fingerprint density at radius 3 is 2.14 bits per heavy atom. The van der Waals surface area contributed by atoms with Gasteiger partial charge < -0.3 is 5.32 Å². The standard InChI is InChI=1S/C3H5Cl2NO/c1-2(7)6-3(4)5/h3H,1H3,(H,6,7). The summed E-state index contributed by atoms with van der Waals surface area (Å²) in [6.07, 6.45) is 0. The van der Waals surface area contributed by atoms with Crippen molar-refractivity contribution >= 4 is 29.1 Å². The van der Waals surface area contributed by atoms with Gasteiger partial charge in [-0.05, 0) is 0 Å². The third kappa shape index (κ3) is 6.05. The highest BCUT2D eigenvalue weighted by Crippen LogP contribution is 1.93. The first-order valence-corrected chi connectivity index (χ1v) is 2.55. The van der Waals surface area contributed by atoms with Crippen LogP contribution in [0.1, 0.15) is 6.92 Å². The van der Waals surface area contributed by atoms with E-state index in [2.05, 4.69) is 5.32 Å². The van der Waals surface area contributed by atoms with Gasteiger partial charge in [-0.15, -0.1) is 0 Å². The van der Waals surface area contributed by atoms with Crippen molar-refractivity contribution in [3.05, 3.63) is 0 Å². The number of hydrogen-bond donors (Lipinski definition) is 1. The third-order valence-electron chi connectivity index (χ3n) is 0.312. The SMILES string of the molecule is CC(=O)NC(Cl)Cl. The summed E-state index contributed by atoms with van der Waals surface area (Å²) in [7, 11) is 0. The Morgan fingerprint density at radius 1 is 1.71 bits per heavy atom. The van der Waals surface area contributed by atoms with E-state index in [1.807, 2.05) is 0 Å². The Bertz CT molecular complexity index is 73.3. The van der Waals surface area contributed by atoms with Gasteiger partial charge in [-0.25, -0.2) is 0 Å². The van der Waals surface area contributed by atoms with Crippen molar-refractivity contribution in [3.63, 3.8) is 0 Å². The lowest BCUT2D eigenvalue weighted by Crippen LogP contribution is -2.23. The molecule has 0 bridgehead atoms. The molecule has 7 heavy (non-hydrogen) atoms. The molecule has 4 heteroatoms. The molecule has 1 amide bonds. The highest BCUT2D eigenvalue weighted by Gasteiger charge is 1.95. The second kappa shape index (κ2) is 3.10. The number of hydrogen-bond acceptors (Lipinski definition) is 1. The largest absolute Gasteiger partial charge is 0.328 e. The topological polar surface area (TPSA) is 29.1 Å². The minimum absolute atomic E-state index is 0.227. The van der Waals surface area contributed by atoms with E-state index in [1.165, 1.54) is 6.92 Å². The van der Waals surface area contributed by atoms with Gasteiger partial charge in [0.05, 0.1) is 0 Å². The fourth-order valence-electron chi connectivity index (χ4n) is 0.154. The summed E-state index contributed by atoms with van der Waals surface area (Å²) in [5.74, 6) is -0.227. The molecule has 0 saturated carbocycles. The molecule has 0 radical (unpaired) electrons. The van der Waals surface area contributed by atoms with E-state index >= 15 is 0 Å². The molecule has 0 aromatic rings. The zero-order chi connectivity index (χ0) is 5.86. The van der Waals surface area contributed by atoms with E-state index in [4.69, 9.17) is 23.2 Å². The van der Waals surface area contributed by atoms with Gasteiger partial charge in [-0.2, -0.15) is 0 Å². The van der Waals surface area contributed by atoms with Crippen LogP contribution >= 0.6 is 23.2 Å². The third-order valence-corrected chi connectivity index (χ3v) is 0.531. The van der Waals surface area contributed by atoms with Gasteiger partial charge >= 0.3 is 0 Å². The van der Waals surface area contributed by atoms with Crippen LogP contribution in [0.3, 0.4) is 0 Å². The number of amides is 1. The number of rotatable bonds is 1. The zero-order valence-corrected chi connectivity index (χ0v) is 5.25. The molecular formula is C3H5Cl2NO. The summed E-state index contributed by atoms with van der Waals surface area (Å²) in [6, 6.07) is 0. The van der Waals surface area contributed by atoms with Crippen molar-refractivity contribution in [3.8, 4) is 0 Å². The summed E-state index contributed by atoms with van der Waals surface area (Å²) >= 11 is 10.2. The average molecular weight is 142 g/mol. The summed E-state index contributed by atoms with van der Waals surface area (Å²) in [4.78, 5) is 9.19. The normalized spacial score (nSPS) is 9.14. The van der Waals surface area contributed by atoms with Crippen LogP contribution in [0.2, 0.25) is 0 Å². The molecule has 0 aliphatic carbocycles. The molecule has 1 N–H and O–H groups in total. The molecule has 0 unspecified atom stereocenters. The number of carbonyl (C=O) groups excluding carboxylic acids is 1. The molecule has 42 valence electrons. The molecule has 0 aromatic heterocycles. The number of alkyl halides is 2. The molecule has 0 saturated heterocycles. The van der Waals surface area contributed by atoms with Crippen molar-refractivity contribution in [2.24, 2.45) is 0 Å². The second-order valence-corrected chi connectivity index (χ2v) is 2.10. The summed E-state index contributed by atoms with van der Waals surface area (Å²) in [5, 5.41) is 2.20. The Kier molecular flexibility index (Phi) is 3.13. The van der Waals surface area contributed by atoms with Crippen LogP contribution in [0.5, 0.6) is 0 Å². The van der Waals surface area contributed by atoms with Crippen LogP contribution < -0.4 is 5.32 Å². The van der Waals surface area contributed by atoms with Gasteiger partial charge in [0, 0.05) is 6.92 Å². The van der Waals surface area contributed by atoms with Gasteiger partial charge in [0.15, 0.2) is 4.96 Å². The van der Waals surface area contributed by atoms with E-state index in [9.17, 15) is 4.79 Å². The number of halogens is 2. The minimum Gasteiger partial charge on any atom is -0.328 e. The summed E-state index contributed by atoms with van der Waals surface area (Å²) in [6.45, 7) is 1.35. The van der Waals surface area contributed by atoms with E-state index in [0.717, 1.165) is 0 Å². The van der Waals surface area contributed by atoms with Crippen LogP contribution in [0.4, 0.5) is 0 Å². The molecule has 0 spiro atoms. The van der Waals surface area contributed by atoms with Gasteiger partial charge in [0.1, 0.15) is 0 Å². The smallest absolute Gasteiger partial charge is 0.218 e. The predicted molar refractivity (Wildman–Crippen MR) is 29.3 cm³/mol. The Hall–Kier alpha value is 0.0500. The molecule has 0 fully saturated rings. The first kappa shape index (κ1) is 7.05. The monoisotopic (exact) mass is 141 g/mol. The first-order valence-electron chi connectivity index (χ1n) is 1.68. The van der Waals surface area contributed by atoms with Crippen molar-refractivity contribution in [1.82, 2.24) is 5.32 Å². The maximum absolute atomic E-state index is 9.97. The predicted octanol–water partition coefficient (Wildman–Crippen LogP) is 0.884. The zero-order valence-electron chi connectivity index (χ0n) is 3.74. The first-order chi connectivity index (χ1) is 3.13. The number of carbonyl (C=O) groups is 1. The van der Waals surface area contributed by atoms with Crippen LogP contribution in [0.15, 0.2) is 0 Å². The van der Waals surface area contributed by atoms with Crippen molar-refractivity contribution in [2.75, 3.05) is 0 Å². The van der Waals surface area contributed by atoms with Gasteiger partial charge in [-0.3, -0.25) is 4.79 Å². The fraction of sp³-hybridized carbons (Fsp3) is 0.667. The molecule has 0 heterocycles. The summed E-state index contributed by atoms with van der Waals surface area (Å²) < 4.78 is 0. The van der Waals surface area contributed by atoms with E-state index in [0.29, 0.717) is 0 Å². The highest BCUT2D eigenvalue weighted by atomic mass is 35.5. The molecule has 0 aliphatic rings. The van der Waals surface area contributed by atoms with Crippen LogP contribution in [0, 0.1) is 0 Å². The second-order valence-electron chi connectivity index (χ2n) is 1.00. The van der Waals surface area contributed by atoms with Crippen molar-refractivity contribution in [2.45, 2.75) is 11.9 Å². The maximum Gasteiger partial charge on any atom is 0.218 e. The molecular weight excluding hydrogens is 137 g/mol. The Balaban J connectivity index is 3.13. The lowest BCUT2D eigenvalue weighted by molar-refractivity contribution is -0.118. The molecule has 2 nitrogen and oxygen atoms in total. The molecule has 0 atom stereocenters. The lowest BCUT2D eigenvalue weighted by Gasteiger charge is -1.97. The highest BCUT2D eigenvalue weighted by molar-refractivity contribution is 6.44. The van der Waals surface area contributed by atoms with Gasteiger partial charge in [0.25, 0.3) is 0 Å².